The number of carbonyl (C=O) groups is 1. The van der Waals surface area contributed by atoms with Crippen molar-refractivity contribution < 1.29 is 14.3 Å². The summed E-state index contributed by atoms with van der Waals surface area (Å²) >= 11 is 3.20. The molecule has 7 heteroatoms. The lowest BCUT2D eigenvalue weighted by Gasteiger charge is -2.08. The van der Waals surface area contributed by atoms with E-state index in [-0.39, 0.29) is 12.3 Å². The summed E-state index contributed by atoms with van der Waals surface area (Å²) in [5.41, 5.74) is 1.83. The number of fused-ring (bicyclic) bond motifs is 1. The molecule has 3 aromatic rings. The van der Waals surface area contributed by atoms with Crippen LogP contribution in [0.2, 0.25) is 0 Å². The molecule has 0 saturated carbocycles. The molecule has 0 spiro atoms. The zero-order chi connectivity index (χ0) is 20.1. The van der Waals surface area contributed by atoms with Crippen LogP contribution in [-0.4, -0.2) is 30.9 Å². The summed E-state index contributed by atoms with van der Waals surface area (Å²) in [6.45, 7) is 4.42. The second-order valence-electron chi connectivity index (χ2n) is 5.98. The highest BCUT2D eigenvalue weighted by molar-refractivity contribution is 7.98. The van der Waals surface area contributed by atoms with Crippen LogP contribution in [0.1, 0.15) is 5.56 Å². The van der Waals surface area contributed by atoms with E-state index in [1.54, 1.807) is 32.0 Å². The number of benzene rings is 2. The predicted molar refractivity (Wildman–Crippen MR) is 116 cm³/mol. The molecule has 2 aromatic carbocycles. The van der Waals surface area contributed by atoms with E-state index in [1.807, 2.05) is 29.0 Å². The molecule has 1 amide bonds. The van der Waals surface area contributed by atoms with E-state index >= 15 is 0 Å². The summed E-state index contributed by atoms with van der Waals surface area (Å²) < 4.78 is 13.7. The molecular weight excluding hydrogens is 392 g/mol. The van der Waals surface area contributed by atoms with Gasteiger partial charge in [-0.25, -0.2) is 0 Å². The lowest BCUT2D eigenvalue weighted by molar-refractivity contribution is -0.117. The van der Waals surface area contributed by atoms with Crippen LogP contribution in [0, 0.1) is 0 Å². The molecule has 1 heterocycles. The number of thiazole rings is 1. The molecule has 0 bridgehead atoms. The smallest absolute Gasteiger partial charge is 0.252 e. The van der Waals surface area contributed by atoms with E-state index in [0.29, 0.717) is 22.8 Å². The first-order valence-corrected chi connectivity index (χ1v) is 10.7. The van der Waals surface area contributed by atoms with Crippen molar-refractivity contribution in [2.75, 3.05) is 20.5 Å². The van der Waals surface area contributed by atoms with Crippen LogP contribution in [0.15, 0.2) is 58.9 Å². The molecule has 0 aliphatic carbocycles. The van der Waals surface area contributed by atoms with Crippen LogP contribution < -0.4 is 14.3 Å². The highest BCUT2D eigenvalue weighted by Gasteiger charge is 2.12. The Morgan fingerprint density at radius 1 is 1.25 bits per heavy atom. The van der Waals surface area contributed by atoms with Gasteiger partial charge in [0, 0.05) is 23.1 Å². The molecule has 1 aromatic heterocycles. The van der Waals surface area contributed by atoms with E-state index < -0.39 is 0 Å². The summed E-state index contributed by atoms with van der Waals surface area (Å²) in [6.07, 6.45) is 4.01. The molecule has 0 fully saturated rings. The number of rotatable bonds is 7. The first-order chi connectivity index (χ1) is 13.6. The van der Waals surface area contributed by atoms with Crippen LogP contribution in [-0.2, 0) is 17.8 Å². The second kappa shape index (κ2) is 9.12. The van der Waals surface area contributed by atoms with Gasteiger partial charge < -0.3 is 14.0 Å². The molecule has 3 rings (SSSR count). The maximum absolute atomic E-state index is 12.7. The van der Waals surface area contributed by atoms with Gasteiger partial charge in [0.2, 0.25) is 0 Å². The fourth-order valence-electron chi connectivity index (χ4n) is 2.88. The number of methoxy groups -OCH3 is 2. The quantitative estimate of drug-likeness (QED) is 0.427. The summed E-state index contributed by atoms with van der Waals surface area (Å²) in [5, 5.41) is 0. The zero-order valence-electron chi connectivity index (χ0n) is 16.1. The van der Waals surface area contributed by atoms with E-state index in [0.717, 1.165) is 15.8 Å². The monoisotopic (exact) mass is 414 g/mol. The minimum Gasteiger partial charge on any atom is -0.497 e. The molecular formula is C21H22N2O3S2. The van der Waals surface area contributed by atoms with Crippen LogP contribution in [0.4, 0.5) is 0 Å². The number of carbonyl (C=O) groups excluding carboxylic acids is 1. The van der Waals surface area contributed by atoms with Gasteiger partial charge in [0.1, 0.15) is 11.5 Å². The Labute approximate surface area is 172 Å². The Hall–Kier alpha value is -2.51. The normalized spacial score (nSPS) is 11.6. The number of ether oxygens (including phenoxy) is 2. The van der Waals surface area contributed by atoms with E-state index in [4.69, 9.17) is 9.47 Å². The van der Waals surface area contributed by atoms with Crippen molar-refractivity contribution >= 4 is 39.2 Å². The Balaban J connectivity index is 1.98. The first-order valence-electron chi connectivity index (χ1n) is 8.66. The predicted octanol–water partition coefficient (Wildman–Crippen LogP) is 4.30. The molecule has 0 unspecified atom stereocenters. The number of aromatic nitrogens is 1. The van der Waals surface area contributed by atoms with E-state index in [2.05, 4.69) is 29.8 Å². The standard InChI is InChI=1S/C21H22N2O3S2/c1-5-10-23-17-9-8-16(27-4)13-19(17)28-21(23)22-20(24)11-14-6-7-15(25-2)12-18(14)26-3/h5-9,12-13H,1,10-11H2,2-4H3. The lowest BCUT2D eigenvalue weighted by atomic mass is 10.1. The molecule has 28 heavy (non-hydrogen) atoms. The molecule has 0 aliphatic rings. The maximum Gasteiger partial charge on any atom is 0.252 e. The molecule has 146 valence electrons. The Morgan fingerprint density at radius 3 is 2.75 bits per heavy atom. The Bertz CT molecular complexity index is 1080. The van der Waals surface area contributed by atoms with Gasteiger partial charge in [-0.05, 0) is 30.5 Å². The van der Waals surface area contributed by atoms with Gasteiger partial charge in [-0.1, -0.05) is 23.5 Å². The van der Waals surface area contributed by atoms with Gasteiger partial charge in [-0.3, -0.25) is 4.79 Å². The lowest BCUT2D eigenvalue weighted by Crippen LogP contribution is -2.17. The van der Waals surface area contributed by atoms with Gasteiger partial charge >= 0.3 is 0 Å². The SMILES string of the molecule is C=CCn1c(=NC(=O)Cc2ccc(OC)cc2OC)sc2cc(SC)ccc21. The van der Waals surface area contributed by atoms with Crippen molar-refractivity contribution in [3.63, 3.8) is 0 Å². The van der Waals surface area contributed by atoms with Crippen LogP contribution in [0.25, 0.3) is 10.2 Å². The van der Waals surface area contributed by atoms with Crippen LogP contribution >= 0.6 is 23.1 Å². The van der Waals surface area contributed by atoms with Crippen molar-refractivity contribution in [1.82, 2.24) is 4.57 Å². The van der Waals surface area contributed by atoms with E-state index in [9.17, 15) is 4.79 Å². The van der Waals surface area contributed by atoms with Crippen molar-refractivity contribution in [2.45, 2.75) is 17.9 Å². The molecule has 0 N–H and O–H groups in total. The largest absolute Gasteiger partial charge is 0.497 e. The third kappa shape index (κ3) is 4.31. The second-order valence-corrected chi connectivity index (χ2v) is 7.87. The van der Waals surface area contributed by atoms with Crippen molar-refractivity contribution in [3.05, 3.63) is 59.4 Å². The molecule has 0 saturated heterocycles. The number of hydrogen-bond acceptors (Lipinski definition) is 5. The average Bonchev–Trinajstić information content (AvgIpc) is 3.04. The Kier molecular flexibility index (Phi) is 6.59. The molecule has 0 radical (unpaired) electrons. The van der Waals surface area contributed by atoms with E-state index in [1.165, 1.54) is 16.2 Å². The van der Waals surface area contributed by atoms with Crippen molar-refractivity contribution in [3.8, 4) is 11.5 Å². The first kappa shape index (κ1) is 20.2. The summed E-state index contributed by atoms with van der Waals surface area (Å²) in [7, 11) is 3.17. The van der Waals surface area contributed by atoms with Crippen LogP contribution in [0.5, 0.6) is 11.5 Å². The number of nitrogens with zero attached hydrogens (tertiary/aromatic N) is 2. The minimum atomic E-state index is -0.224. The van der Waals surface area contributed by atoms with Gasteiger partial charge in [-0.15, -0.1) is 18.3 Å². The summed E-state index contributed by atoms with van der Waals surface area (Å²) in [6, 6.07) is 11.7. The number of thioether (sulfide) groups is 1. The highest BCUT2D eigenvalue weighted by Crippen LogP contribution is 2.26. The minimum absolute atomic E-state index is 0.158. The van der Waals surface area contributed by atoms with Crippen molar-refractivity contribution in [2.24, 2.45) is 4.99 Å². The number of amides is 1. The summed E-state index contributed by atoms with van der Waals surface area (Å²) in [5.74, 6) is 1.07. The van der Waals surface area contributed by atoms with Gasteiger partial charge in [0.25, 0.3) is 5.91 Å². The maximum atomic E-state index is 12.7. The topological polar surface area (TPSA) is 52.8 Å². The summed E-state index contributed by atoms with van der Waals surface area (Å²) in [4.78, 5) is 18.9. The zero-order valence-corrected chi connectivity index (χ0v) is 17.7. The van der Waals surface area contributed by atoms with Crippen molar-refractivity contribution in [1.29, 1.82) is 0 Å². The van der Waals surface area contributed by atoms with Crippen LogP contribution in [0.3, 0.4) is 0 Å². The van der Waals surface area contributed by atoms with Gasteiger partial charge in [0.15, 0.2) is 4.80 Å². The fourth-order valence-corrected chi connectivity index (χ4v) is 4.49. The molecule has 0 atom stereocenters. The number of allylic oxidation sites excluding steroid dienone is 1. The molecule has 5 nitrogen and oxygen atoms in total. The Morgan fingerprint density at radius 2 is 2.07 bits per heavy atom. The fraction of sp³-hybridized carbons (Fsp3) is 0.238. The third-order valence-electron chi connectivity index (χ3n) is 4.26. The van der Waals surface area contributed by atoms with Gasteiger partial charge in [-0.2, -0.15) is 4.99 Å². The third-order valence-corrected chi connectivity index (χ3v) is 6.02. The highest BCUT2D eigenvalue weighted by atomic mass is 32.2. The van der Waals surface area contributed by atoms with Gasteiger partial charge in [0.05, 0.1) is 30.9 Å². The molecule has 0 aliphatic heterocycles. The average molecular weight is 415 g/mol. The number of hydrogen-bond donors (Lipinski definition) is 0.